The molecule has 0 atom stereocenters. The average Bonchev–Trinajstić information content (AvgIpc) is 2.64. The van der Waals surface area contributed by atoms with Crippen LogP contribution in [0.2, 0.25) is 0 Å². The lowest BCUT2D eigenvalue weighted by molar-refractivity contribution is -0.138. The van der Waals surface area contributed by atoms with Crippen molar-refractivity contribution < 1.29 is 22.6 Å². The molecule has 6 nitrogen and oxygen atoms in total. The van der Waals surface area contributed by atoms with Gasteiger partial charge in [0.1, 0.15) is 5.75 Å². The van der Waals surface area contributed by atoms with Crippen LogP contribution in [0.3, 0.4) is 0 Å². The number of halogens is 3. The van der Waals surface area contributed by atoms with Gasteiger partial charge in [0.25, 0.3) is 0 Å². The molecular formula is C19H29F3N4O2. The van der Waals surface area contributed by atoms with E-state index in [2.05, 4.69) is 20.5 Å². The summed E-state index contributed by atoms with van der Waals surface area (Å²) in [5, 5.41) is 6.08. The summed E-state index contributed by atoms with van der Waals surface area (Å²) in [4.78, 5) is 6.34. The molecule has 1 aromatic rings. The van der Waals surface area contributed by atoms with Gasteiger partial charge in [-0.3, -0.25) is 9.89 Å². The molecule has 0 bridgehead atoms. The fourth-order valence-electron chi connectivity index (χ4n) is 2.88. The maximum Gasteiger partial charge on any atom is 0.416 e. The predicted molar refractivity (Wildman–Crippen MR) is 103 cm³/mol. The Kier molecular flexibility index (Phi) is 8.37. The van der Waals surface area contributed by atoms with Gasteiger partial charge in [0.15, 0.2) is 5.96 Å². The van der Waals surface area contributed by atoms with Crippen molar-refractivity contribution in [2.24, 2.45) is 4.99 Å². The second-order valence-electron chi connectivity index (χ2n) is 6.79. The van der Waals surface area contributed by atoms with Crippen LogP contribution in [0.15, 0.2) is 23.2 Å². The molecule has 0 aromatic heterocycles. The van der Waals surface area contributed by atoms with Gasteiger partial charge in [-0.05, 0) is 31.5 Å². The van der Waals surface area contributed by atoms with Gasteiger partial charge in [-0.15, -0.1) is 0 Å². The summed E-state index contributed by atoms with van der Waals surface area (Å²) < 4.78 is 51.0. The van der Waals surface area contributed by atoms with Gasteiger partial charge in [0.2, 0.25) is 0 Å². The number of aliphatic imine (C=N–C) groups is 1. The van der Waals surface area contributed by atoms with Crippen LogP contribution in [0, 0.1) is 0 Å². The summed E-state index contributed by atoms with van der Waals surface area (Å²) in [5.74, 6) is 0.669. The first-order chi connectivity index (χ1) is 13.3. The smallest absolute Gasteiger partial charge is 0.416 e. The third-order valence-electron chi connectivity index (χ3n) is 4.25. The largest absolute Gasteiger partial charge is 0.491 e. The van der Waals surface area contributed by atoms with Gasteiger partial charge < -0.3 is 20.1 Å². The summed E-state index contributed by atoms with van der Waals surface area (Å²) in [6.07, 6.45) is -4.65. The molecule has 0 saturated carbocycles. The van der Waals surface area contributed by atoms with Crippen LogP contribution in [-0.2, 0) is 17.5 Å². The summed E-state index contributed by atoms with van der Waals surface area (Å²) in [5.41, 5.74) is -0.568. The Bertz CT molecular complexity index is 645. The van der Waals surface area contributed by atoms with E-state index >= 15 is 0 Å². The van der Waals surface area contributed by atoms with Gasteiger partial charge in [0.05, 0.1) is 24.9 Å². The Labute approximate surface area is 164 Å². The quantitative estimate of drug-likeness (QED) is 0.542. The van der Waals surface area contributed by atoms with Crippen LogP contribution in [0.5, 0.6) is 5.75 Å². The second-order valence-corrected chi connectivity index (χ2v) is 6.79. The lowest BCUT2D eigenvalue weighted by Crippen LogP contribution is -2.44. The number of hydrogen-bond donors (Lipinski definition) is 2. The molecule has 1 saturated heterocycles. The van der Waals surface area contributed by atoms with Crippen LogP contribution >= 0.6 is 0 Å². The van der Waals surface area contributed by atoms with Crippen LogP contribution in [0.1, 0.15) is 25.0 Å². The average molecular weight is 402 g/mol. The highest BCUT2D eigenvalue weighted by Crippen LogP contribution is 2.34. The number of morpholine rings is 1. The highest BCUT2D eigenvalue weighted by atomic mass is 19.4. The number of nitrogens with one attached hydrogen (secondary N) is 2. The minimum Gasteiger partial charge on any atom is -0.491 e. The van der Waals surface area contributed by atoms with E-state index in [9.17, 15) is 13.2 Å². The Morgan fingerprint density at radius 1 is 1.25 bits per heavy atom. The number of ether oxygens (including phenoxy) is 2. The number of guanidine groups is 1. The van der Waals surface area contributed by atoms with E-state index in [-0.39, 0.29) is 24.0 Å². The van der Waals surface area contributed by atoms with Crippen molar-refractivity contribution in [3.63, 3.8) is 0 Å². The fourth-order valence-corrected chi connectivity index (χ4v) is 2.88. The zero-order valence-corrected chi connectivity index (χ0v) is 16.6. The van der Waals surface area contributed by atoms with Crippen LogP contribution in [-0.4, -0.2) is 63.4 Å². The highest BCUT2D eigenvalue weighted by molar-refractivity contribution is 5.79. The molecule has 1 aliphatic heterocycles. The fraction of sp³-hybridized carbons (Fsp3) is 0.632. The summed E-state index contributed by atoms with van der Waals surface area (Å²) in [6, 6.07) is 4.04. The van der Waals surface area contributed by atoms with Crippen molar-refractivity contribution in [2.75, 3.05) is 46.4 Å². The molecule has 1 aromatic carbocycles. The van der Waals surface area contributed by atoms with Crippen molar-refractivity contribution in [3.05, 3.63) is 29.3 Å². The second kappa shape index (κ2) is 10.5. The monoisotopic (exact) mass is 402 g/mol. The van der Waals surface area contributed by atoms with Crippen molar-refractivity contribution in [1.29, 1.82) is 0 Å². The maximum atomic E-state index is 13.4. The summed E-state index contributed by atoms with van der Waals surface area (Å²) >= 11 is 0. The first-order valence-electron chi connectivity index (χ1n) is 9.41. The van der Waals surface area contributed by atoms with Gasteiger partial charge in [-0.2, -0.15) is 13.2 Å². The molecule has 1 aliphatic rings. The maximum absolute atomic E-state index is 13.4. The summed E-state index contributed by atoms with van der Waals surface area (Å²) in [7, 11) is 1.59. The molecule has 158 valence electrons. The molecular weight excluding hydrogens is 373 g/mol. The van der Waals surface area contributed by atoms with Gasteiger partial charge in [-0.1, -0.05) is 6.07 Å². The standard InChI is InChI=1S/C19H29F3N4O2/c1-14(2)28-16-5-4-15(17(12-16)19(20,21)22)13-25-18(23-3)24-6-7-26-8-10-27-11-9-26/h4-5,12,14H,6-11,13H2,1-3H3,(H2,23,24,25). The molecule has 0 spiro atoms. The Balaban J connectivity index is 1.93. The SMILES string of the molecule is CN=C(NCCN1CCOCC1)NCc1ccc(OC(C)C)cc1C(F)(F)F. The van der Waals surface area contributed by atoms with Crippen LogP contribution < -0.4 is 15.4 Å². The zero-order valence-electron chi connectivity index (χ0n) is 16.6. The molecule has 0 amide bonds. The number of alkyl halides is 3. The van der Waals surface area contributed by atoms with E-state index in [0.717, 1.165) is 38.9 Å². The lowest BCUT2D eigenvalue weighted by Gasteiger charge is -2.26. The van der Waals surface area contributed by atoms with Gasteiger partial charge >= 0.3 is 6.18 Å². The third-order valence-corrected chi connectivity index (χ3v) is 4.25. The number of benzene rings is 1. The minimum atomic E-state index is -4.46. The normalized spacial score (nSPS) is 16.3. The summed E-state index contributed by atoms with van der Waals surface area (Å²) in [6.45, 7) is 8.24. The first kappa shape index (κ1) is 22.3. The molecule has 0 unspecified atom stereocenters. The molecule has 0 radical (unpaired) electrons. The predicted octanol–water partition coefficient (Wildman–Crippen LogP) is 2.49. The van der Waals surface area contributed by atoms with Crippen molar-refractivity contribution >= 4 is 5.96 Å². The van der Waals surface area contributed by atoms with Gasteiger partial charge in [0, 0.05) is 39.8 Å². The van der Waals surface area contributed by atoms with E-state index in [1.54, 1.807) is 27.0 Å². The van der Waals surface area contributed by atoms with E-state index in [1.807, 2.05) is 0 Å². The molecule has 9 heteroatoms. The molecule has 2 N–H and O–H groups in total. The van der Waals surface area contributed by atoms with E-state index in [4.69, 9.17) is 9.47 Å². The number of nitrogens with zero attached hydrogens (tertiary/aromatic N) is 2. The Hall–Kier alpha value is -2.00. The molecule has 1 heterocycles. The topological polar surface area (TPSA) is 58.1 Å². The Morgan fingerprint density at radius 2 is 1.96 bits per heavy atom. The van der Waals surface area contributed by atoms with Crippen LogP contribution in [0.4, 0.5) is 13.2 Å². The minimum absolute atomic E-state index is 0.00797. The van der Waals surface area contributed by atoms with Crippen LogP contribution in [0.25, 0.3) is 0 Å². The highest BCUT2D eigenvalue weighted by Gasteiger charge is 2.33. The molecule has 1 fully saturated rings. The zero-order chi connectivity index (χ0) is 20.6. The van der Waals surface area contributed by atoms with Crippen molar-refractivity contribution in [2.45, 2.75) is 32.7 Å². The lowest BCUT2D eigenvalue weighted by atomic mass is 10.1. The molecule has 2 rings (SSSR count). The van der Waals surface area contributed by atoms with Gasteiger partial charge in [-0.25, -0.2) is 0 Å². The number of rotatable bonds is 7. The number of hydrogen-bond acceptors (Lipinski definition) is 4. The van der Waals surface area contributed by atoms with Crippen molar-refractivity contribution in [3.8, 4) is 5.75 Å². The molecule has 0 aliphatic carbocycles. The van der Waals surface area contributed by atoms with E-state index < -0.39 is 11.7 Å². The third kappa shape index (κ3) is 7.20. The van der Waals surface area contributed by atoms with E-state index in [1.165, 1.54) is 6.07 Å². The van der Waals surface area contributed by atoms with Crippen molar-refractivity contribution in [1.82, 2.24) is 15.5 Å². The van der Waals surface area contributed by atoms with E-state index in [0.29, 0.717) is 12.5 Å². The first-order valence-corrected chi connectivity index (χ1v) is 9.41. The molecule has 28 heavy (non-hydrogen) atoms. The Morgan fingerprint density at radius 3 is 2.57 bits per heavy atom.